The molecule has 0 aromatic carbocycles. The van der Waals surface area contributed by atoms with E-state index in [0.717, 1.165) is 18.7 Å². The molecular formula is C7H11Cl2N3. The van der Waals surface area contributed by atoms with Gasteiger partial charge in [-0.3, -0.25) is 0 Å². The molecule has 2 N–H and O–H groups in total. The Hall–Kier alpha value is -0.380. The first-order valence-corrected chi connectivity index (χ1v) is 3.38. The Balaban J connectivity index is 0.000000605. The van der Waals surface area contributed by atoms with Crippen LogP contribution < -0.4 is 5.73 Å². The van der Waals surface area contributed by atoms with Gasteiger partial charge < -0.3 is 5.73 Å². The lowest BCUT2D eigenvalue weighted by Crippen LogP contribution is -2.21. The molecule has 1 aliphatic rings. The van der Waals surface area contributed by atoms with Crippen molar-refractivity contribution in [2.75, 3.05) is 0 Å². The molecule has 0 unspecified atom stereocenters. The highest BCUT2D eigenvalue weighted by atomic mass is 35.5. The fraction of sp³-hybridized carbons (Fsp3) is 0.429. The second-order valence-corrected chi connectivity index (χ2v) is 2.73. The molecule has 1 heterocycles. The summed E-state index contributed by atoms with van der Waals surface area (Å²) in [5, 5.41) is 0. The molecule has 1 fully saturated rings. The third kappa shape index (κ3) is 2.06. The number of nitrogens with zero attached hydrogens (tertiary/aromatic N) is 2. The van der Waals surface area contributed by atoms with E-state index in [1.165, 1.54) is 0 Å². The van der Waals surface area contributed by atoms with Crippen LogP contribution in [0.15, 0.2) is 18.5 Å². The van der Waals surface area contributed by atoms with E-state index >= 15 is 0 Å². The fourth-order valence-electron chi connectivity index (χ4n) is 0.914. The van der Waals surface area contributed by atoms with Crippen LogP contribution in [0.1, 0.15) is 18.7 Å². The lowest BCUT2D eigenvalue weighted by Gasteiger charge is -2.03. The van der Waals surface area contributed by atoms with E-state index in [9.17, 15) is 0 Å². The summed E-state index contributed by atoms with van der Waals surface area (Å²) in [5.41, 5.74) is 5.66. The number of aromatic nitrogens is 2. The Labute approximate surface area is 83.6 Å². The van der Waals surface area contributed by atoms with Gasteiger partial charge in [0.25, 0.3) is 0 Å². The fourth-order valence-corrected chi connectivity index (χ4v) is 0.914. The first kappa shape index (κ1) is 11.6. The van der Waals surface area contributed by atoms with Crippen molar-refractivity contribution in [3.8, 4) is 0 Å². The van der Waals surface area contributed by atoms with Gasteiger partial charge in [-0.2, -0.15) is 0 Å². The summed E-state index contributed by atoms with van der Waals surface area (Å²) in [6, 6.07) is 1.80. The van der Waals surface area contributed by atoms with Gasteiger partial charge in [0.05, 0.1) is 5.54 Å². The second kappa shape index (κ2) is 4.03. The van der Waals surface area contributed by atoms with Crippen LogP contribution in [0.2, 0.25) is 0 Å². The number of hydrogen-bond donors (Lipinski definition) is 1. The monoisotopic (exact) mass is 207 g/mol. The average molecular weight is 208 g/mol. The molecular weight excluding hydrogens is 197 g/mol. The van der Waals surface area contributed by atoms with Gasteiger partial charge in [-0.05, 0) is 18.9 Å². The van der Waals surface area contributed by atoms with Gasteiger partial charge in [0.1, 0.15) is 5.82 Å². The van der Waals surface area contributed by atoms with E-state index in [-0.39, 0.29) is 30.4 Å². The summed E-state index contributed by atoms with van der Waals surface area (Å²) in [6.07, 6.45) is 5.51. The van der Waals surface area contributed by atoms with Crippen LogP contribution in [-0.4, -0.2) is 9.97 Å². The quantitative estimate of drug-likeness (QED) is 0.755. The summed E-state index contributed by atoms with van der Waals surface area (Å²) >= 11 is 0. The van der Waals surface area contributed by atoms with Crippen molar-refractivity contribution in [3.05, 3.63) is 24.3 Å². The molecule has 0 amide bonds. The van der Waals surface area contributed by atoms with Crippen LogP contribution in [0, 0.1) is 0 Å². The molecule has 0 aliphatic heterocycles. The van der Waals surface area contributed by atoms with Crippen LogP contribution in [-0.2, 0) is 5.54 Å². The Bertz CT molecular complexity index is 236. The first-order valence-electron chi connectivity index (χ1n) is 3.38. The number of halogens is 2. The third-order valence-corrected chi connectivity index (χ3v) is 1.80. The van der Waals surface area contributed by atoms with E-state index in [1.54, 1.807) is 18.5 Å². The van der Waals surface area contributed by atoms with Crippen molar-refractivity contribution < 1.29 is 0 Å². The predicted octanol–water partition coefficient (Wildman–Crippen LogP) is 1.27. The lowest BCUT2D eigenvalue weighted by atomic mass is 10.3. The van der Waals surface area contributed by atoms with Crippen molar-refractivity contribution in [2.45, 2.75) is 18.4 Å². The maximum atomic E-state index is 5.84. The molecule has 1 saturated carbocycles. The minimum atomic E-state index is -0.179. The zero-order valence-corrected chi connectivity index (χ0v) is 8.07. The summed E-state index contributed by atoms with van der Waals surface area (Å²) < 4.78 is 0. The predicted molar refractivity (Wildman–Crippen MR) is 51.6 cm³/mol. The van der Waals surface area contributed by atoms with Crippen molar-refractivity contribution in [1.29, 1.82) is 0 Å². The van der Waals surface area contributed by atoms with E-state index in [4.69, 9.17) is 5.73 Å². The molecule has 2 rings (SSSR count). The van der Waals surface area contributed by atoms with Crippen LogP contribution in [0.3, 0.4) is 0 Å². The van der Waals surface area contributed by atoms with Gasteiger partial charge in [0.15, 0.2) is 0 Å². The largest absolute Gasteiger partial charge is 0.319 e. The van der Waals surface area contributed by atoms with Crippen LogP contribution >= 0.6 is 24.8 Å². The lowest BCUT2D eigenvalue weighted by molar-refractivity contribution is 0.672. The highest BCUT2D eigenvalue weighted by molar-refractivity contribution is 5.85. The summed E-state index contributed by atoms with van der Waals surface area (Å²) in [5.74, 6) is 0.787. The van der Waals surface area contributed by atoms with Crippen LogP contribution in [0.5, 0.6) is 0 Å². The zero-order valence-electron chi connectivity index (χ0n) is 6.43. The van der Waals surface area contributed by atoms with Crippen LogP contribution in [0.4, 0.5) is 0 Å². The molecule has 12 heavy (non-hydrogen) atoms. The van der Waals surface area contributed by atoms with Crippen LogP contribution in [0.25, 0.3) is 0 Å². The first-order chi connectivity index (χ1) is 4.81. The van der Waals surface area contributed by atoms with Gasteiger partial charge >= 0.3 is 0 Å². The van der Waals surface area contributed by atoms with Crippen molar-refractivity contribution in [2.24, 2.45) is 5.73 Å². The Kier molecular flexibility index (Phi) is 3.90. The molecule has 0 atom stereocenters. The zero-order chi connectivity index (χ0) is 7.03. The van der Waals surface area contributed by atoms with Crippen molar-refractivity contribution in [3.63, 3.8) is 0 Å². The highest BCUT2D eigenvalue weighted by Crippen LogP contribution is 2.40. The molecule has 1 aromatic rings. The Morgan fingerprint density at radius 2 is 1.67 bits per heavy atom. The minimum absolute atomic E-state index is 0. The topological polar surface area (TPSA) is 51.8 Å². The van der Waals surface area contributed by atoms with Crippen molar-refractivity contribution >= 4 is 24.8 Å². The standard InChI is InChI=1S/C7H9N3.2ClH/c8-7(2-3-7)6-9-4-1-5-10-6;;/h1,4-5H,2-3,8H2;2*1H. The van der Waals surface area contributed by atoms with Gasteiger partial charge in [0, 0.05) is 12.4 Å². The van der Waals surface area contributed by atoms with Gasteiger partial charge in [-0.25, -0.2) is 9.97 Å². The maximum Gasteiger partial charge on any atom is 0.147 e. The van der Waals surface area contributed by atoms with E-state index < -0.39 is 0 Å². The number of nitrogens with two attached hydrogens (primary N) is 1. The molecule has 0 radical (unpaired) electrons. The second-order valence-electron chi connectivity index (χ2n) is 2.73. The summed E-state index contributed by atoms with van der Waals surface area (Å²) in [7, 11) is 0. The minimum Gasteiger partial charge on any atom is -0.319 e. The Morgan fingerprint density at radius 1 is 1.17 bits per heavy atom. The maximum absolute atomic E-state index is 5.84. The van der Waals surface area contributed by atoms with Crippen molar-refractivity contribution in [1.82, 2.24) is 9.97 Å². The molecule has 3 nitrogen and oxygen atoms in total. The van der Waals surface area contributed by atoms with E-state index in [0.29, 0.717) is 0 Å². The van der Waals surface area contributed by atoms with Gasteiger partial charge in [-0.15, -0.1) is 24.8 Å². The average Bonchev–Trinajstić information content (AvgIpc) is 2.72. The van der Waals surface area contributed by atoms with Gasteiger partial charge in [0.2, 0.25) is 0 Å². The smallest absolute Gasteiger partial charge is 0.147 e. The molecule has 68 valence electrons. The highest BCUT2D eigenvalue weighted by Gasteiger charge is 2.42. The summed E-state index contributed by atoms with van der Waals surface area (Å²) in [4.78, 5) is 8.15. The number of hydrogen-bond acceptors (Lipinski definition) is 3. The van der Waals surface area contributed by atoms with Gasteiger partial charge in [-0.1, -0.05) is 0 Å². The molecule has 1 aliphatic carbocycles. The third-order valence-electron chi connectivity index (χ3n) is 1.80. The molecule has 0 spiro atoms. The molecule has 0 bridgehead atoms. The summed E-state index contributed by atoms with van der Waals surface area (Å²) in [6.45, 7) is 0. The van der Waals surface area contributed by atoms with E-state index in [2.05, 4.69) is 9.97 Å². The Morgan fingerprint density at radius 3 is 2.08 bits per heavy atom. The molecule has 5 heteroatoms. The number of rotatable bonds is 1. The SMILES string of the molecule is Cl.Cl.NC1(c2ncccn2)CC1. The molecule has 0 saturated heterocycles. The normalized spacial score (nSPS) is 17.1. The molecule has 1 aromatic heterocycles. The van der Waals surface area contributed by atoms with E-state index in [1.807, 2.05) is 0 Å².